The van der Waals surface area contributed by atoms with Gasteiger partial charge in [0.25, 0.3) is 11.7 Å². The van der Waals surface area contributed by atoms with Crippen LogP contribution in [-0.2, 0) is 74.8 Å². The Morgan fingerprint density at radius 1 is 0.822 bits per heavy atom. The SMILES string of the molecule is COCCOCCN1CCN(c2ncc3c(n2)CCN(C(=O)O[C@@H]2CC[C@@H](C[C@@H](C)[C@@H]4CC(=O)[C@H](C)/C=C(\C)[C@@H](O)[C@@H](OC)C(=O)[C@H](C)C[C@H](C)/C=C/C=C/C=C(\C)[C@@H](OC)C[C@@H]5CC[C@@H](C)[C@@](O)(O5)C(=O)C(=O)N5CCCC[C@H]5C(=O)O4)C[C@H]2OC)C3)CC1. The third kappa shape index (κ3) is 19.2. The maximum Gasteiger partial charge on any atom is 0.410 e. The maximum atomic E-state index is 14.8. The van der Waals surface area contributed by atoms with E-state index in [0.717, 1.165) is 49.6 Å². The Morgan fingerprint density at radius 2 is 1.59 bits per heavy atom. The van der Waals surface area contributed by atoms with E-state index >= 15 is 0 Å². The van der Waals surface area contributed by atoms with Gasteiger partial charge in [0.15, 0.2) is 5.78 Å². The van der Waals surface area contributed by atoms with Crippen LogP contribution >= 0.6 is 0 Å². The molecule has 0 unspecified atom stereocenters. The van der Waals surface area contributed by atoms with Crippen LogP contribution in [0.25, 0.3) is 0 Å². The Bertz CT molecular complexity index is 2700. The average molecular weight is 1260 g/mol. The number of aliphatic hydroxyl groups excluding tert-OH is 1. The third-order valence-electron chi connectivity index (χ3n) is 19.5. The number of ether oxygens (including phenoxy) is 8. The van der Waals surface area contributed by atoms with Crippen LogP contribution in [-0.4, -0.2) is 219 Å². The zero-order valence-electron chi connectivity index (χ0n) is 55.4. The number of cyclic esters (lactones) is 1. The molecule has 22 heteroatoms. The third-order valence-corrected chi connectivity index (χ3v) is 19.5. The fraction of sp³-hybridized carbons (Fsp3) is 0.735. The van der Waals surface area contributed by atoms with Crippen molar-refractivity contribution in [1.82, 2.24) is 24.7 Å². The molecule has 7 rings (SSSR count). The van der Waals surface area contributed by atoms with Crippen molar-refractivity contribution in [2.75, 3.05) is 99.0 Å². The van der Waals surface area contributed by atoms with Gasteiger partial charge in [0.1, 0.15) is 36.2 Å². The average Bonchev–Trinajstić information content (AvgIpc) is 0.838. The zero-order valence-corrected chi connectivity index (χ0v) is 55.4. The molecule has 1 aromatic rings. The lowest BCUT2D eigenvalue weighted by atomic mass is 9.78. The normalized spacial score (nSPS) is 34.4. The number of anilines is 1. The summed E-state index contributed by atoms with van der Waals surface area (Å²) < 4.78 is 47.1. The highest BCUT2D eigenvalue weighted by Gasteiger charge is 2.53. The van der Waals surface area contributed by atoms with Crippen LogP contribution in [0.1, 0.15) is 137 Å². The van der Waals surface area contributed by atoms with Crippen LogP contribution in [0.4, 0.5) is 10.7 Å². The van der Waals surface area contributed by atoms with E-state index in [4.69, 9.17) is 47.9 Å². The summed E-state index contributed by atoms with van der Waals surface area (Å²) in [5.41, 5.74) is 3.04. The smallest absolute Gasteiger partial charge is 0.410 e. The second-order valence-corrected chi connectivity index (χ2v) is 26.2. The number of nitrogens with zero attached hydrogens (tertiary/aromatic N) is 6. The predicted octanol–water partition coefficient (Wildman–Crippen LogP) is 6.96. The number of amides is 2. The topological polar surface area (TPSA) is 255 Å². The molecule has 22 nitrogen and oxygen atoms in total. The Balaban J connectivity index is 1.05. The number of fused-ring (bicyclic) bond motifs is 4. The van der Waals surface area contributed by atoms with Crippen LogP contribution in [0.15, 0.2) is 53.8 Å². The summed E-state index contributed by atoms with van der Waals surface area (Å²) in [6, 6.07) is -1.19. The number of Topliss-reactive ketones (excluding diaryl/α,β-unsaturated/α-hetero) is 3. The van der Waals surface area contributed by atoms with Gasteiger partial charge in [-0.3, -0.25) is 24.1 Å². The number of allylic oxidation sites excluding steroid dienone is 6. The summed E-state index contributed by atoms with van der Waals surface area (Å²) in [5.74, 6) is -7.75. The minimum atomic E-state index is -2.47. The van der Waals surface area contributed by atoms with Crippen molar-refractivity contribution in [3.05, 3.63) is 65.1 Å². The van der Waals surface area contributed by atoms with Crippen molar-refractivity contribution in [1.29, 1.82) is 0 Å². The molecule has 3 saturated heterocycles. The molecule has 1 aliphatic carbocycles. The van der Waals surface area contributed by atoms with Crippen LogP contribution in [0.3, 0.4) is 0 Å². The number of esters is 1. The number of ketones is 3. The quantitative estimate of drug-likeness (QED) is 0.0826. The summed E-state index contributed by atoms with van der Waals surface area (Å²) in [6.45, 7) is 19.5. The van der Waals surface area contributed by atoms with E-state index in [-0.39, 0.29) is 42.8 Å². The molecule has 2 bridgehead atoms. The molecule has 0 spiro atoms. The number of piperazine rings is 1. The highest BCUT2D eigenvalue weighted by Crippen LogP contribution is 2.39. The van der Waals surface area contributed by atoms with Crippen molar-refractivity contribution >= 4 is 41.3 Å². The maximum absolute atomic E-state index is 14.8. The summed E-state index contributed by atoms with van der Waals surface area (Å²) in [6.07, 6.45) is 12.4. The van der Waals surface area contributed by atoms with E-state index in [1.54, 1.807) is 53.1 Å². The number of piperidine rings is 1. The van der Waals surface area contributed by atoms with Gasteiger partial charge in [-0.15, -0.1) is 0 Å². The predicted molar refractivity (Wildman–Crippen MR) is 337 cm³/mol. The van der Waals surface area contributed by atoms with Crippen molar-refractivity contribution in [2.24, 2.45) is 35.5 Å². The van der Waals surface area contributed by atoms with Crippen molar-refractivity contribution < 1.29 is 76.9 Å². The molecule has 15 atom stereocenters. The first kappa shape index (κ1) is 72.1. The molecule has 2 N–H and O–H groups in total. The van der Waals surface area contributed by atoms with Crippen molar-refractivity contribution in [3.63, 3.8) is 0 Å². The van der Waals surface area contributed by atoms with E-state index in [0.29, 0.717) is 115 Å². The summed E-state index contributed by atoms with van der Waals surface area (Å²) in [5, 5.41) is 23.8. The number of carbonyl (C=O) groups is 6. The van der Waals surface area contributed by atoms with Crippen LogP contribution < -0.4 is 4.90 Å². The molecule has 6 aliphatic rings. The summed E-state index contributed by atoms with van der Waals surface area (Å²) >= 11 is 0. The van der Waals surface area contributed by atoms with E-state index < -0.39 is 102 Å². The fourth-order valence-electron chi connectivity index (χ4n) is 13.7. The van der Waals surface area contributed by atoms with Crippen molar-refractivity contribution in [2.45, 2.75) is 193 Å². The summed E-state index contributed by atoms with van der Waals surface area (Å²) in [4.78, 5) is 103. The van der Waals surface area contributed by atoms with Gasteiger partial charge in [-0.25, -0.2) is 19.6 Å². The Morgan fingerprint density at radius 3 is 2.31 bits per heavy atom. The first-order chi connectivity index (χ1) is 43.1. The van der Waals surface area contributed by atoms with E-state index in [9.17, 15) is 39.0 Å². The summed E-state index contributed by atoms with van der Waals surface area (Å²) in [7, 11) is 6.21. The van der Waals surface area contributed by atoms with E-state index in [1.165, 1.54) is 12.0 Å². The number of methoxy groups -OCH3 is 4. The Hall–Kier alpha value is -5.30. The highest BCUT2D eigenvalue weighted by atomic mass is 16.6. The molecule has 5 aliphatic heterocycles. The number of hydrogen-bond donors (Lipinski definition) is 2. The van der Waals surface area contributed by atoms with Gasteiger partial charge in [0.2, 0.25) is 11.7 Å². The fourth-order valence-corrected chi connectivity index (χ4v) is 13.7. The number of aromatic nitrogens is 2. The van der Waals surface area contributed by atoms with Crippen molar-refractivity contribution in [3.8, 4) is 0 Å². The van der Waals surface area contributed by atoms with E-state index in [2.05, 4.69) is 9.80 Å². The Kier molecular flexibility index (Phi) is 27.7. The van der Waals surface area contributed by atoms with Gasteiger partial charge in [-0.1, -0.05) is 71.1 Å². The van der Waals surface area contributed by atoms with Gasteiger partial charge in [-0.2, -0.15) is 0 Å². The first-order valence-electron chi connectivity index (χ1n) is 32.9. The molecule has 90 heavy (non-hydrogen) atoms. The molecule has 4 fully saturated rings. The molecule has 0 aromatic carbocycles. The lowest BCUT2D eigenvalue weighted by Crippen LogP contribution is -2.61. The van der Waals surface area contributed by atoms with Gasteiger partial charge in [-0.05, 0) is 107 Å². The standard InChI is InChI=1S/C68H104N6O16/c1-43-17-13-12-14-18-44(2)57(84-9)39-52-22-20-49(7)68(82,90-52)63(78)64(79)74-25-16-15-19-54(74)65(80)88-58(40-55(75)45(3)36-48(6)61(77)62(86-11)60(76)47(5)35-43)46(4)37-50-21-23-56(59(38-50)85-10)89-67(81)73-26-24-53-51(42-73)41-69-66(70-53)72-29-27-71(28-30-72)31-32-87-34-33-83-8/h12-14,17-18,36,41,43,45-47,49-50,52,54,56-59,61-62,77,82H,15-16,19-35,37-40,42H2,1-11H3/b14-12+,17-13+,44-18+,48-36+/t43-,45-,46-,47-,49-,50+,52+,54+,56-,57+,58+,59-,61-,62+,68-/m1/s1. The first-order valence-corrected chi connectivity index (χ1v) is 32.9. The lowest BCUT2D eigenvalue weighted by molar-refractivity contribution is -0.265. The molecule has 0 radical (unpaired) electrons. The minimum absolute atomic E-state index is 0.00241. The molecular formula is C68H104N6O16. The minimum Gasteiger partial charge on any atom is -0.460 e. The van der Waals surface area contributed by atoms with E-state index in [1.807, 2.05) is 64.3 Å². The van der Waals surface area contributed by atoms with Gasteiger partial charge < -0.3 is 62.8 Å². The largest absolute Gasteiger partial charge is 0.460 e. The number of aliphatic hydroxyl groups is 2. The molecular weight excluding hydrogens is 1160 g/mol. The van der Waals surface area contributed by atoms with Crippen LogP contribution in [0, 0.1) is 35.5 Å². The van der Waals surface area contributed by atoms with Crippen LogP contribution in [0.2, 0.25) is 0 Å². The second kappa shape index (κ2) is 34.6. The monoisotopic (exact) mass is 1260 g/mol. The van der Waals surface area contributed by atoms with Gasteiger partial charge >= 0.3 is 12.1 Å². The molecule has 502 valence electrons. The van der Waals surface area contributed by atoms with Gasteiger partial charge in [0, 0.05) is 123 Å². The lowest BCUT2D eigenvalue weighted by Gasteiger charge is -2.42. The molecule has 6 heterocycles. The van der Waals surface area contributed by atoms with Gasteiger partial charge in [0.05, 0.1) is 50.4 Å². The molecule has 1 aromatic heterocycles. The number of carbonyl (C=O) groups excluding carboxylic acids is 6. The number of hydrogen-bond acceptors (Lipinski definition) is 20. The second-order valence-electron chi connectivity index (χ2n) is 26.2. The van der Waals surface area contributed by atoms with Crippen LogP contribution in [0.5, 0.6) is 0 Å². The highest BCUT2D eigenvalue weighted by molar-refractivity contribution is 6.39. The number of rotatable bonds is 14. The zero-order chi connectivity index (χ0) is 65.2. The molecule has 2 amide bonds. The molecule has 1 saturated carbocycles. The Labute approximate surface area is 533 Å².